The summed E-state index contributed by atoms with van der Waals surface area (Å²) in [4.78, 5) is 0. The van der Waals surface area contributed by atoms with Crippen molar-refractivity contribution in [3.63, 3.8) is 0 Å². The van der Waals surface area contributed by atoms with Crippen LogP contribution in [0.3, 0.4) is 0 Å². The third-order valence-corrected chi connectivity index (χ3v) is 5.08. The minimum Gasteiger partial charge on any atom is -0.321 e. The highest BCUT2D eigenvalue weighted by Gasteiger charge is 2.30. The van der Waals surface area contributed by atoms with Gasteiger partial charge in [0.05, 0.1) is 5.69 Å². The van der Waals surface area contributed by atoms with Crippen molar-refractivity contribution >= 4 is 0 Å². The summed E-state index contributed by atoms with van der Waals surface area (Å²) >= 11 is 0. The van der Waals surface area contributed by atoms with Crippen molar-refractivity contribution in [2.75, 3.05) is 0 Å². The predicted octanol–water partition coefficient (Wildman–Crippen LogP) is 3.87. The maximum atomic E-state index is 6.68. The Balaban J connectivity index is 1.70. The summed E-state index contributed by atoms with van der Waals surface area (Å²) in [5.74, 6) is 0.706. The van der Waals surface area contributed by atoms with Gasteiger partial charge in [-0.15, -0.1) is 0 Å². The molecular formula is C18H23N3. The van der Waals surface area contributed by atoms with E-state index in [0.717, 1.165) is 18.5 Å². The standard InChI is InChI=1S/C18H23N3/c19-18(10-2-1-3-11-18)15-5-4-6-16(13-15)21-17(9-12-20-21)14-7-8-14/h4-6,9,12-14H,1-3,7-8,10-11,19H2. The third-order valence-electron chi connectivity index (χ3n) is 5.08. The molecular weight excluding hydrogens is 258 g/mol. The highest BCUT2D eigenvalue weighted by atomic mass is 15.3. The Morgan fingerprint density at radius 3 is 2.67 bits per heavy atom. The van der Waals surface area contributed by atoms with Crippen molar-refractivity contribution in [2.45, 2.75) is 56.4 Å². The first kappa shape index (κ1) is 13.1. The summed E-state index contributed by atoms with van der Waals surface area (Å²) in [6.07, 6.45) is 10.5. The second-order valence-corrected chi connectivity index (χ2v) is 6.71. The van der Waals surface area contributed by atoms with E-state index in [4.69, 9.17) is 5.73 Å². The van der Waals surface area contributed by atoms with E-state index in [9.17, 15) is 0 Å². The van der Waals surface area contributed by atoms with Crippen LogP contribution < -0.4 is 5.73 Å². The Morgan fingerprint density at radius 2 is 1.90 bits per heavy atom. The number of aromatic nitrogens is 2. The fraction of sp³-hybridized carbons (Fsp3) is 0.500. The van der Waals surface area contributed by atoms with Gasteiger partial charge in [-0.25, -0.2) is 4.68 Å². The molecule has 3 nitrogen and oxygen atoms in total. The van der Waals surface area contributed by atoms with Gasteiger partial charge < -0.3 is 5.73 Å². The molecule has 2 fully saturated rings. The molecule has 0 amide bonds. The van der Waals surface area contributed by atoms with Crippen molar-refractivity contribution in [3.05, 3.63) is 47.8 Å². The summed E-state index contributed by atoms with van der Waals surface area (Å²) in [6.45, 7) is 0. The van der Waals surface area contributed by atoms with Crippen LogP contribution in [0.2, 0.25) is 0 Å². The van der Waals surface area contributed by atoms with Crippen molar-refractivity contribution in [3.8, 4) is 5.69 Å². The Bertz CT molecular complexity index is 633. The summed E-state index contributed by atoms with van der Waals surface area (Å²) in [7, 11) is 0. The number of hydrogen-bond donors (Lipinski definition) is 1. The minimum atomic E-state index is -0.138. The third kappa shape index (κ3) is 2.40. The van der Waals surface area contributed by atoms with E-state index in [-0.39, 0.29) is 5.54 Å². The van der Waals surface area contributed by atoms with E-state index in [1.54, 1.807) is 0 Å². The lowest BCUT2D eigenvalue weighted by Crippen LogP contribution is -2.38. The molecule has 1 aromatic heterocycles. The van der Waals surface area contributed by atoms with E-state index >= 15 is 0 Å². The molecule has 0 bridgehead atoms. The van der Waals surface area contributed by atoms with Gasteiger partial charge in [0, 0.05) is 23.3 Å². The van der Waals surface area contributed by atoms with Gasteiger partial charge in [0.1, 0.15) is 0 Å². The van der Waals surface area contributed by atoms with Crippen LogP contribution in [0, 0.1) is 0 Å². The molecule has 2 aliphatic rings. The smallest absolute Gasteiger partial charge is 0.0652 e. The summed E-state index contributed by atoms with van der Waals surface area (Å²) in [5.41, 5.74) is 10.3. The first-order valence-corrected chi connectivity index (χ1v) is 8.20. The number of benzene rings is 1. The van der Waals surface area contributed by atoms with Crippen LogP contribution in [0.15, 0.2) is 36.5 Å². The van der Waals surface area contributed by atoms with Gasteiger partial charge in [-0.2, -0.15) is 5.10 Å². The van der Waals surface area contributed by atoms with Gasteiger partial charge in [0.25, 0.3) is 0 Å². The lowest BCUT2D eigenvalue weighted by atomic mass is 9.77. The van der Waals surface area contributed by atoms with Gasteiger partial charge in [-0.05, 0) is 49.4 Å². The van der Waals surface area contributed by atoms with E-state index < -0.39 is 0 Å². The Labute approximate surface area is 126 Å². The molecule has 21 heavy (non-hydrogen) atoms. The van der Waals surface area contributed by atoms with Crippen LogP contribution in [0.5, 0.6) is 0 Å². The van der Waals surface area contributed by atoms with E-state index in [0.29, 0.717) is 5.92 Å². The highest BCUT2D eigenvalue weighted by Crippen LogP contribution is 2.41. The Kier molecular flexibility index (Phi) is 3.11. The van der Waals surface area contributed by atoms with Gasteiger partial charge >= 0.3 is 0 Å². The highest BCUT2D eigenvalue weighted by molar-refractivity contribution is 5.40. The van der Waals surface area contributed by atoms with Crippen LogP contribution in [0.1, 0.15) is 62.1 Å². The molecule has 3 heteroatoms. The van der Waals surface area contributed by atoms with Crippen LogP contribution in [-0.2, 0) is 5.54 Å². The van der Waals surface area contributed by atoms with Crippen LogP contribution in [-0.4, -0.2) is 9.78 Å². The molecule has 2 aromatic rings. The normalized spacial score (nSPS) is 21.4. The van der Waals surface area contributed by atoms with Crippen LogP contribution in [0.4, 0.5) is 0 Å². The van der Waals surface area contributed by atoms with E-state index in [1.165, 1.54) is 43.4 Å². The number of nitrogens with two attached hydrogens (primary N) is 1. The molecule has 4 rings (SSSR count). The molecule has 2 aliphatic carbocycles. The zero-order valence-electron chi connectivity index (χ0n) is 12.5. The molecule has 0 spiro atoms. The molecule has 1 aromatic carbocycles. The second-order valence-electron chi connectivity index (χ2n) is 6.71. The average molecular weight is 281 g/mol. The fourth-order valence-corrected chi connectivity index (χ4v) is 3.64. The van der Waals surface area contributed by atoms with Crippen LogP contribution in [0.25, 0.3) is 5.69 Å². The van der Waals surface area contributed by atoms with Gasteiger partial charge in [0.2, 0.25) is 0 Å². The van der Waals surface area contributed by atoms with E-state index in [2.05, 4.69) is 40.1 Å². The number of hydrogen-bond acceptors (Lipinski definition) is 2. The van der Waals surface area contributed by atoms with Gasteiger partial charge in [-0.3, -0.25) is 0 Å². The van der Waals surface area contributed by atoms with Crippen molar-refractivity contribution in [1.29, 1.82) is 0 Å². The first-order chi connectivity index (χ1) is 10.3. The Morgan fingerprint density at radius 1 is 1.10 bits per heavy atom. The molecule has 0 saturated heterocycles. The second kappa shape index (κ2) is 4.99. The summed E-state index contributed by atoms with van der Waals surface area (Å²) in [6, 6.07) is 10.9. The fourth-order valence-electron chi connectivity index (χ4n) is 3.64. The zero-order valence-corrected chi connectivity index (χ0v) is 12.5. The van der Waals surface area contributed by atoms with Gasteiger partial charge in [-0.1, -0.05) is 31.4 Å². The lowest BCUT2D eigenvalue weighted by Gasteiger charge is -2.34. The number of nitrogens with zero attached hydrogens (tertiary/aromatic N) is 2. The van der Waals surface area contributed by atoms with Crippen molar-refractivity contribution < 1.29 is 0 Å². The molecule has 0 aliphatic heterocycles. The first-order valence-electron chi connectivity index (χ1n) is 8.20. The molecule has 2 N–H and O–H groups in total. The summed E-state index contributed by atoms with van der Waals surface area (Å²) < 4.78 is 2.10. The molecule has 0 radical (unpaired) electrons. The van der Waals surface area contributed by atoms with Crippen molar-refractivity contribution in [1.82, 2.24) is 9.78 Å². The van der Waals surface area contributed by atoms with Crippen LogP contribution >= 0.6 is 0 Å². The largest absolute Gasteiger partial charge is 0.321 e. The molecule has 2 saturated carbocycles. The number of rotatable bonds is 3. The SMILES string of the molecule is NC1(c2cccc(-n3nccc3C3CC3)c2)CCCCC1. The van der Waals surface area contributed by atoms with Crippen molar-refractivity contribution in [2.24, 2.45) is 5.73 Å². The van der Waals surface area contributed by atoms with E-state index in [1.807, 2.05) is 6.20 Å². The topological polar surface area (TPSA) is 43.8 Å². The predicted molar refractivity (Wildman–Crippen MR) is 84.5 cm³/mol. The maximum Gasteiger partial charge on any atom is 0.0652 e. The minimum absolute atomic E-state index is 0.138. The molecule has 0 atom stereocenters. The monoisotopic (exact) mass is 281 g/mol. The maximum absolute atomic E-state index is 6.68. The average Bonchev–Trinajstić information content (AvgIpc) is 3.25. The van der Waals surface area contributed by atoms with Gasteiger partial charge in [0.15, 0.2) is 0 Å². The zero-order chi connectivity index (χ0) is 14.3. The molecule has 110 valence electrons. The molecule has 1 heterocycles. The Hall–Kier alpha value is -1.61. The quantitative estimate of drug-likeness (QED) is 0.928. The summed E-state index contributed by atoms with van der Waals surface area (Å²) in [5, 5.41) is 4.53. The molecule has 0 unspecified atom stereocenters. The lowest BCUT2D eigenvalue weighted by molar-refractivity contribution is 0.302.